The van der Waals surface area contributed by atoms with Gasteiger partial charge in [-0.05, 0) is 30.3 Å². The van der Waals surface area contributed by atoms with E-state index in [0.29, 0.717) is 11.1 Å². The highest BCUT2D eigenvalue weighted by Gasteiger charge is 2.12. The largest absolute Gasteiger partial charge is 0.314 e. The number of nitrogens with zero attached hydrogens (tertiary/aromatic N) is 4. The van der Waals surface area contributed by atoms with Gasteiger partial charge in [-0.2, -0.15) is 10.5 Å². The van der Waals surface area contributed by atoms with Gasteiger partial charge in [-0.25, -0.2) is 0 Å². The maximum absolute atomic E-state index is 9.23. The molecule has 4 aromatic rings. The van der Waals surface area contributed by atoms with E-state index in [1.165, 1.54) is 0 Å². The van der Waals surface area contributed by atoms with Gasteiger partial charge in [0.15, 0.2) is 0 Å². The van der Waals surface area contributed by atoms with Crippen molar-refractivity contribution in [2.45, 2.75) is 0 Å². The van der Waals surface area contributed by atoms with Gasteiger partial charge in [0.05, 0.1) is 27.7 Å². The molecule has 0 N–H and O–H groups in total. The Bertz CT molecular complexity index is 1110. The fourth-order valence-electron chi connectivity index (χ4n) is 2.80. The average Bonchev–Trinajstić information content (AvgIpc) is 3.03. The zero-order chi connectivity index (χ0) is 14.4. The topological polar surface area (TPSA) is 64.9 Å². The quantitative estimate of drug-likeness (QED) is 0.459. The van der Waals surface area contributed by atoms with Crippen molar-refractivity contribution in [1.82, 2.24) is 9.38 Å². The molecule has 0 fully saturated rings. The lowest BCUT2D eigenvalue weighted by molar-refractivity contribution is 1.27. The highest BCUT2D eigenvalue weighted by atomic mass is 14.9. The summed E-state index contributed by atoms with van der Waals surface area (Å²) in [5, 5.41) is 20.4. The Kier molecular flexibility index (Phi) is 2.22. The summed E-state index contributed by atoms with van der Waals surface area (Å²) in [5.74, 6) is 0. The Balaban J connectivity index is 2.38. The van der Waals surface area contributed by atoms with Crippen LogP contribution < -0.4 is 0 Å². The predicted octanol–water partition coefficient (Wildman–Crippen LogP) is 3.38. The van der Waals surface area contributed by atoms with Gasteiger partial charge in [0.1, 0.15) is 12.1 Å². The minimum atomic E-state index is 0.390. The van der Waals surface area contributed by atoms with E-state index in [2.05, 4.69) is 17.1 Å². The van der Waals surface area contributed by atoms with E-state index in [0.717, 1.165) is 27.3 Å². The minimum absolute atomic E-state index is 0.390. The second kappa shape index (κ2) is 4.06. The lowest BCUT2D eigenvalue weighted by atomic mass is 10.0. The van der Waals surface area contributed by atoms with Crippen LogP contribution in [0, 0.1) is 22.7 Å². The molecule has 0 saturated carbocycles. The standard InChI is InChI=1S/C17H8N4/c18-9-11-7-14-13-3-1-5-20-17(13)15-4-2-6-21(15)16(14)8-12(11)10-19/h1-8H. The molecule has 0 radical (unpaired) electrons. The van der Waals surface area contributed by atoms with Crippen molar-refractivity contribution in [3.05, 3.63) is 59.9 Å². The molecule has 21 heavy (non-hydrogen) atoms. The molecule has 96 valence electrons. The van der Waals surface area contributed by atoms with Crippen molar-refractivity contribution in [3.63, 3.8) is 0 Å². The maximum Gasteiger partial charge on any atom is 0.101 e. The first-order valence-corrected chi connectivity index (χ1v) is 6.45. The number of aromatic nitrogens is 2. The Hall–Kier alpha value is -3.37. The van der Waals surface area contributed by atoms with E-state index in [4.69, 9.17) is 0 Å². The third-order valence-electron chi connectivity index (χ3n) is 3.73. The number of hydrogen-bond acceptors (Lipinski definition) is 3. The third kappa shape index (κ3) is 1.45. The van der Waals surface area contributed by atoms with E-state index < -0.39 is 0 Å². The van der Waals surface area contributed by atoms with Crippen LogP contribution in [0.25, 0.3) is 27.3 Å². The van der Waals surface area contributed by atoms with Crippen LogP contribution in [0.5, 0.6) is 0 Å². The van der Waals surface area contributed by atoms with E-state index in [1.54, 1.807) is 18.3 Å². The Morgan fingerprint density at radius 3 is 2.52 bits per heavy atom. The second-order valence-electron chi connectivity index (χ2n) is 4.80. The Morgan fingerprint density at radius 2 is 1.71 bits per heavy atom. The SMILES string of the molecule is N#Cc1cc2c3cccnc3c3cccn3c2cc1C#N. The summed E-state index contributed by atoms with van der Waals surface area (Å²) in [6.07, 6.45) is 3.70. The van der Waals surface area contributed by atoms with Gasteiger partial charge in [0, 0.05) is 23.2 Å². The monoisotopic (exact) mass is 268 g/mol. The molecule has 3 aromatic heterocycles. The first-order chi connectivity index (χ1) is 10.3. The fourth-order valence-corrected chi connectivity index (χ4v) is 2.80. The lowest BCUT2D eigenvalue weighted by Crippen LogP contribution is -1.94. The van der Waals surface area contributed by atoms with E-state index in [1.807, 2.05) is 34.9 Å². The van der Waals surface area contributed by atoms with Crippen LogP contribution in [0.1, 0.15) is 11.1 Å². The molecule has 0 aliphatic carbocycles. The molecule has 0 bridgehead atoms. The van der Waals surface area contributed by atoms with Crippen molar-refractivity contribution in [2.75, 3.05) is 0 Å². The molecular weight excluding hydrogens is 260 g/mol. The summed E-state index contributed by atoms with van der Waals surface area (Å²) in [4.78, 5) is 4.46. The number of benzene rings is 1. The number of hydrogen-bond donors (Lipinski definition) is 0. The van der Waals surface area contributed by atoms with Crippen LogP contribution in [0.15, 0.2) is 48.8 Å². The highest BCUT2D eigenvalue weighted by molar-refractivity contribution is 6.11. The van der Waals surface area contributed by atoms with Gasteiger partial charge in [-0.1, -0.05) is 6.07 Å². The molecule has 1 aromatic carbocycles. The Labute approximate surface area is 120 Å². The average molecular weight is 268 g/mol. The van der Waals surface area contributed by atoms with Gasteiger partial charge in [0.25, 0.3) is 0 Å². The van der Waals surface area contributed by atoms with Crippen LogP contribution >= 0.6 is 0 Å². The summed E-state index contributed by atoms with van der Waals surface area (Å²) in [6, 6.07) is 15.6. The number of rotatable bonds is 0. The molecule has 4 heteroatoms. The second-order valence-corrected chi connectivity index (χ2v) is 4.80. The highest BCUT2D eigenvalue weighted by Crippen LogP contribution is 2.30. The zero-order valence-electron chi connectivity index (χ0n) is 10.9. The summed E-state index contributed by atoms with van der Waals surface area (Å²) < 4.78 is 2.01. The first-order valence-electron chi connectivity index (χ1n) is 6.45. The van der Waals surface area contributed by atoms with E-state index in [9.17, 15) is 10.5 Å². The molecule has 0 aliphatic rings. The summed E-state index contributed by atoms with van der Waals surface area (Å²) >= 11 is 0. The Morgan fingerprint density at radius 1 is 0.905 bits per heavy atom. The van der Waals surface area contributed by atoms with Gasteiger partial charge < -0.3 is 4.40 Å². The molecular formula is C17H8N4. The summed E-state index contributed by atoms with van der Waals surface area (Å²) in [6.45, 7) is 0. The van der Waals surface area contributed by atoms with Crippen molar-refractivity contribution in [3.8, 4) is 12.1 Å². The van der Waals surface area contributed by atoms with Crippen LogP contribution in [0.3, 0.4) is 0 Å². The molecule has 0 aliphatic heterocycles. The summed E-state index contributed by atoms with van der Waals surface area (Å²) in [5.41, 5.74) is 3.58. The van der Waals surface area contributed by atoms with Crippen LogP contribution in [-0.4, -0.2) is 9.38 Å². The first kappa shape index (κ1) is 11.5. The lowest BCUT2D eigenvalue weighted by Gasteiger charge is -2.09. The van der Waals surface area contributed by atoms with Gasteiger partial charge in [-0.3, -0.25) is 4.98 Å². The molecule has 3 heterocycles. The number of fused-ring (bicyclic) bond motifs is 6. The van der Waals surface area contributed by atoms with E-state index >= 15 is 0 Å². The zero-order valence-corrected chi connectivity index (χ0v) is 10.9. The van der Waals surface area contributed by atoms with Crippen molar-refractivity contribution in [1.29, 1.82) is 10.5 Å². The summed E-state index contributed by atoms with van der Waals surface area (Å²) in [7, 11) is 0. The fraction of sp³-hybridized carbons (Fsp3) is 0. The van der Waals surface area contributed by atoms with Crippen molar-refractivity contribution in [2.24, 2.45) is 0 Å². The van der Waals surface area contributed by atoms with Gasteiger partial charge >= 0.3 is 0 Å². The van der Waals surface area contributed by atoms with Gasteiger partial charge in [-0.15, -0.1) is 0 Å². The smallest absolute Gasteiger partial charge is 0.101 e. The molecule has 0 saturated heterocycles. The van der Waals surface area contributed by atoms with Crippen molar-refractivity contribution >= 4 is 27.3 Å². The molecule has 0 atom stereocenters. The van der Waals surface area contributed by atoms with Crippen LogP contribution in [0.4, 0.5) is 0 Å². The minimum Gasteiger partial charge on any atom is -0.314 e. The van der Waals surface area contributed by atoms with Crippen LogP contribution in [-0.2, 0) is 0 Å². The molecule has 4 rings (SSSR count). The maximum atomic E-state index is 9.23. The molecule has 4 nitrogen and oxygen atoms in total. The van der Waals surface area contributed by atoms with Crippen LogP contribution in [0.2, 0.25) is 0 Å². The van der Waals surface area contributed by atoms with Gasteiger partial charge in [0.2, 0.25) is 0 Å². The number of pyridine rings is 2. The normalized spacial score (nSPS) is 10.8. The molecule has 0 spiro atoms. The van der Waals surface area contributed by atoms with E-state index in [-0.39, 0.29) is 0 Å². The number of nitriles is 2. The predicted molar refractivity (Wildman–Crippen MR) is 79.6 cm³/mol. The van der Waals surface area contributed by atoms with Crippen molar-refractivity contribution < 1.29 is 0 Å². The third-order valence-corrected chi connectivity index (χ3v) is 3.73. The molecule has 0 amide bonds. The molecule has 0 unspecified atom stereocenters.